The third kappa shape index (κ3) is 3.38. The van der Waals surface area contributed by atoms with E-state index in [9.17, 15) is 4.39 Å². The Hall–Kier alpha value is -2.21. The lowest BCUT2D eigenvalue weighted by Crippen LogP contribution is -2.07. The normalized spacial score (nSPS) is 10.3. The van der Waals surface area contributed by atoms with Crippen molar-refractivity contribution in [1.82, 2.24) is 9.97 Å². The molecule has 1 aromatic carbocycles. The first kappa shape index (κ1) is 13.2. The van der Waals surface area contributed by atoms with Crippen molar-refractivity contribution in [2.45, 2.75) is 6.42 Å². The second-order valence-electron chi connectivity index (χ2n) is 3.87. The number of aromatic nitrogens is 2. The lowest BCUT2D eigenvalue weighted by Gasteiger charge is -2.08. The van der Waals surface area contributed by atoms with Gasteiger partial charge in [0.15, 0.2) is 11.6 Å². The second-order valence-corrected chi connectivity index (χ2v) is 3.87. The van der Waals surface area contributed by atoms with E-state index in [1.807, 2.05) is 0 Å². The van der Waals surface area contributed by atoms with E-state index in [0.717, 1.165) is 0 Å². The zero-order chi connectivity index (χ0) is 13.7. The van der Waals surface area contributed by atoms with Crippen LogP contribution >= 0.6 is 0 Å². The highest BCUT2D eigenvalue weighted by atomic mass is 19.1. The summed E-state index contributed by atoms with van der Waals surface area (Å²) >= 11 is 0. The summed E-state index contributed by atoms with van der Waals surface area (Å²) in [6.07, 6.45) is 2.24. The molecule has 0 fully saturated rings. The molecule has 0 radical (unpaired) electrons. The fourth-order valence-corrected chi connectivity index (χ4v) is 1.61. The number of nitrogens with two attached hydrogens (primary N) is 1. The zero-order valence-corrected chi connectivity index (χ0v) is 10.6. The summed E-state index contributed by atoms with van der Waals surface area (Å²) in [5.74, 6) is 1.03. The van der Waals surface area contributed by atoms with E-state index < -0.39 is 5.82 Å². The molecular weight excluding hydrogens is 247 g/mol. The van der Waals surface area contributed by atoms with Gasteiger partial charge in [0.05, 0.1) is 7.11 Å². The summed E-state index contributed by atoms with van der Waals surface area (Å²) in [4.78, 5) is 8.36. The van der Waals surface area contributed by atoms with Gasteiger partial charge in [-0.25, -0.2) is 14.4 Å². The van der Waals surface area contributed by atoms with Gasteiger partial charge in [-0.05, 0) is 24.7 Å². The molecule has 0 aliphatic rings. The number of hydrogen-bond donors (Lipinski definition) is 2. The van der Waals surface area contributed by atoms with Gasteiger partial charge in [0.25, 0.3) is 0 Å². The van der Waals surface area contributed by atoms with Gasteiger partial charge in [-0.3, -0.25) is 0 Å². The van der Waals surface area contributed by atoms with Crippen molar-refractivity contribution < 1.29 is 9.13 Å². The number of halogens is 1. The first-order chi connectivity index (χ1) is 9.22. The number of nitrogens with zero attached hydrogens (tertiary/aromatic N) is 2. The van der Waals surface area contributed by atoms with Gasteiger partial charge in [0, 0.05) is 24.4 Å². The van der Waals surface area contributed by atoms with Crippen molar-refractivity contribution >= 4 is 11.5 Å². The Morgan fingerprint density at radius 2 is 2.21 bits per heavy atom. The zero-order valence-electron chi connectivity index (χ0n) is 10.6. The predicted molar refractivity (Wildman–Crippen MR) is 71.0 cm³/mol. The molecule has 1 aromatic heterocycles. The molecule has 19 heavy (non-hydrogen) atoms. The fraction of sp³-hybridized carbons (Fsp3) is 0.231. The Balaban J connectivity index is 2.16. The highest BCUT2D eigenvalue weighted by molar-refractivity contribution is 5.57. The third-order valence-corrected chi connectivity index (χ3v) is 2.50. The van der Waals surface area contributed by atoms with Crippen LogP contribution in [0.15, 0.2) is 30.5 Å². The van der Waals surface area contributed by atoms with E-state index >= 15 is 0 Å². The Bertz CT molecular complexity index is 562. The van der Waals surface area contributed by atoms with E-state index in [1.165, 1.54) is 13.2 Å². The minimum Gasteiger partial charge on any atom is -0.494 e. The highest BCUT2D eigenvalue weighted by Crippen LogP contribution is 2.22. The molecule has 3 N–H and O–H groups in total. The number of nitrogens with one attached hydrogen (secondary N) is 1. The van der Waals surface area contributed by atoms with E-state index in [-0.39, 0.29) is 5.75 Å². The van der Waals surface area contributed by atoms with Crippen LogP contribution < -0.4 is 15.8 Å². The fourth-order valence-electron chi connectivity index (χ4n) is 1.61. The molecule has 2 aromatic rings. The summed E-state index contributed by atoms with van der Waals surface area (Å²) in [5.41, 5.74) is 6.04. The third-order valence-electron chi connectivity index (χ3n) is 2.50. The number of methoxy groups -OCH3 is 1. The van der Waals surface area contributed by atoms with Crippen molar-refractivity contribution in [2.75, 3.05) is 19.0 Å². The molecular formula is C13H15FN4O. The van der Waals surface area contributed by atoms with Gasteiger partial charge >= 0.3 is 0 Å². The SMILES string of the molecule is COc1ccc(Nc2ccnc(CCN)n2)cc1F. The monoisotopic (exact) mass is 262 g/mol. The Morgan fingerprint density at radius 1 is 1.37 bits per heavy atom. The molecule has 100 valence electrons. The number of ether oxygens (including phenoxy) is 1. The first-order valence-electron chi connectivity index (χ1n) is 5.85. The molecule has 0 amide bonds. The van der Waals surface area contributed by atoms with Gasteiger partial charge in [-0.15, -0.1) is 0 Å². The Kier molecular flexibility index (Phi) is 4.25. The van der Waals surface area contributed by atoms with Crippen LogP contribution in [0.25, 0.3) is 0 Å². The van der Waals surface area contributed by atoms with Crippen molar-refractivity contribution in [3.63, 3.8) is 0 Å². The summed E-state index contributed by atoms with van der Waals surface area (Å²) in [7, 11) is 1.43. The molecule has 0 unspecified atom stereocenters. The number of benzene rings is 1. The van der Waals surface area contributed by atoms with Gasteiger partial charge in [-0.2, -0.15) is 0 Å². The molecule has 0 aliphatic heterocycles. The minimum atomic E-state index is -0.427. The maximum absolute atomic E-state index is 13.5. The summed E-state index contributed by atoms with van der Waals surface area (Å²) in [6.45, 7) is 0.487. The van der Waals surface area contributed by atoms with E-state index in [2.05, 4.69) is 15.3 Å². The molecule has 0 atom stereocenters. The Morgan fingerprint density at radius 3 is 2.89 bits per heavy atom. The van der Waals surface area contributed by atoms with Crippen molar-refractivity contribution in [3.8, 4) is 5.75 Å². The first-order valence-corrected chi connectivity index (χ1v) is 5.85. The van der Waals surface area contributed by atoms with E-state index in [4.69, 9.17) is 10.5 Å². The minimum absolute atomic E-state index is 0.206. The lowest BCUT2D eigenvalue weighted by atomic mass is 10.3. The van der Waals surface area contributed by atoms with Gasteiger partial charge in [0.1, 0.15) is 11.6 Å². The maximum atomic E-state index is 13.5. The molecule has 1 heterocycles. The topological polar surface area (TPSA) is 73.1 Å². The van der Waals surface area contributed by atoms with E-state index in [0.29, 0.717) is 30.3 Å². The van der Waals surface area contributed by atoms with Crippen LogP contribution in [0.1, 0.15) is 5.82 Å². The molecule has 6 heteroatoms. The molecule has 2 rings (SSSR count). The molecule has 0 saturated carbocycles. The number of anilines is 2. The van der Waals surface area contributed by atoms with Crippen molar-refractivity contribution in [3.05, 3.63) is 42.1 Å². The van der Waals surface area contributed by atoms with Crippen LogP contribution in [0.2, 0.25) is 0 Å². The van der Waals surface area contributed by atoms with Crippen LogP contribution in [0, 0.1) is 5.82 Å². The molecule has 0 aliphatic carbocycles. The summed E-state index contributed by atoms with van der Waals surface area (Å²) in [6, 6.07) is 6.33. The standard InChI is InChI=1S/C13H15FN4O/c1-19-11-3-2-9(8-10(11)14)17-13-5-7-16-12(18-13)4-6-15/h2-3,5,7-8H,4,6,15H2,1H3,(H,16,17,18). The summed E-state index contributed by atoms with van der Waals surface area (Å²) in [5, 5.41) is 3.01. The number of hydrogen-bond acceptors (Lipinski definition) is 5. The second kappa shape index (κ2) is 6.10. The molecule has 0 saturated heterocycles. The largest absolute Gasteiger partial charge is 0.494 e. The van der Waals surface area contributed by atoms with Gasteiger partial charge < -0.3 is 15.8 Å². The molecule has 0 bridgehead atoms. The van der Waals surface area contributed by atoms with Crippen molar-refractivity contribution in [2.24, 2.45) is 5.73 Å². The average molecular weight is 262 g/mol. The highest BCUT2D eigenvalue weighted by Gasteiger charge is 2.04. The maximum Gasteiger partial charge on any atom is 0.167 e. The Labute approximate surface area is 110 Å². The lowest BCUT2D eigenvalue weighted by molar-refractivity contribution is 0.386. The van der Waals surface area contributed by atoms with Gasteiger partial charge in [-0.1, -0.05) is 0 Å². The molecule has 5 nitrogen and oxygen atoms in total. The van der Waals surface area contributed by atoms with Crippen LogP contribution in [0.3, 0.4) is 0 Å². The molecule has 0 spiro atoms. The predicted octanol–water partition coefficient (Wildman–Crippen LogP) is 1.87. The summed E-state index contributed by atoms with van der Waals surface area (Å²) < 4.78 is 18.4. The average Bonchev–Trinajstić information content (AvgIpc) is 2.40. The van der Waals surface area contributed by atoms with Crippen molar-refractivity contribution in [1.29, 1.82) is 0 Å². The number of rotatable bonds is 5. The quantitative estimate of drug-likeness (QED) is 0.860. The van der Waals surface area contributed by atoms with Gasteiger partial charge in [0.2, 0.25) is 0 Å². The van der Waals surface area contributed by atoms with Crippen LogP contribution in [-0.4, -0.2) is 23.6 Å². The van der Waals surface area contributed by atoms with Crippen LogP contribution in [0.5, 0.6) is 5.75 Å². The van der Waals surface area contributed by atoms with Crippen LogP contribution in [0.4, 0.5) is 15.9 Å². The smallest absolute Gasteiger partial charge is 0.167 e. The van der Waals surface area contributed by atoms with Crippen LogP contribution in [-0.2, 0) is 6.42 Å². The van der Waals surface area contributed by atoms with E-state index in [1.54, 1.807) is 24.4 Å².